The third-order valence-electron chi connectivity index (χ3n) is 6.48. The Morgan fingerprint density at radius 1 is 1.03 bits per heavy atom. The summed E-state index contributed by atoms with van der Waals surface area (Å²) < 4.78 is 0. The van der Waals surface area contributed by atoms with Crippen LogP contribution in [-0.4, -0.2) is 78.2 Å². The van der Waals surface area contributed by atoms with Crippen LogP contribution in [0.25, 0.3) is 0 Å². The second kappa shape index (κ2) is 10.2. The van der Waals surface area contributed by atoms with E-state index in [-0.39, 0.29) is 23.7 Å². The van der Waals surface area contributed by atoms with Gasteiger partial charge in [-0.25, -0.2) is 0 Å². The lowest BCUT2D eigenvalue weighted by Gasteiger charge is -2.39. The minimum Gasteiger partial charge on any atom is -0.339 e. The molecule has 2 aliphatic rings. The molecule has 0 unspecified atom stereocenters. The summed E-state index contributed by atoms with van der Waals surface area (Å²) in [6.45, 7) is 11.1. The number of amides is 1. The number of carbonyl (C=O) groups is 2. The van der Waals surface area contributed by atoms with Gasteiger partial charge in [0.25, 0.3) is 0 Å². The Morgan fingerprint density at radius 2 is 1.63 bits per heavy atom. The minimum atomic E-state index is -0.0765. The average molecular weight is 411 g/mol. The molecule has 0 N–H and O–H groups in total. The molecular weight excluding hydrogens is 376 g/mol. The van der Waals surface area contributed by atoms with Gasteiger partial charge in [-0.05, 0) is 38.8 Å². The van der Waals surface area contributed by atoms with Crippen molar-refractivity contribution in [2.75, 3.05) is 45.8 Å². The van der Waals surface area contributed by atoms with Crippen LogP contribution in [0.2, 0.25) is 0 Å². The van der Waals surface area contributed by atoms with Gasteiger partial charge in [-0.3, -0.25) is 19.4 Å². The lowest BCUT2D eigenvalue weighted by molar-refractivity contribution is -0.134. The number of hydrogen-bond acceptors (Lipinski definition) is 5. The van der Waals surface area contributed by atoms with Crippen molar-refractivity contribution in [3.8, 4) is 6.07 Å². The number of rotatable bonds is 6. The maximum Gasteiger partial charge on any atom is 0.236 e. The first kappa shape index (κ1) is 22.5. The highest BCUT2D eigenvalue weighted by Gasteiger charge is 2.30. The van der Waals surface area contributed by atoms with Gasteiger partial charge in [-0.2, -0.15) is 5.26 Å². The molecule has 0 saturated carbocycles. The quantitative estimate of drug-likeness (QED) is 0.675. The van der Waals surface area contributed by atoms with Gasteiger partial charge in [0.1, 0.15) is 6.04 Å². The fourth-order valence-corrected chi connectivity index (χ4v) is 4.50. The molecule has 1 aromatic rings. The molecule has 0 aromatic heterocycles. The molecule has 2 aliphatic heterocycles. The van der Waals surface area contributed by atoms with E-state index in [0.29, 0.717) is 25.6 Å². The molecule has 0 aliphatic carbocycles. The Balaban J connectivity index is 1.43. The SMILES string of the molecule is Cc1ccc(C(=O)C2CCN(CC(=O)N3CCN([C@H](C#N)C(C)C)CC3)CC2)cc1. The van der Waals surface area contributed by atoms with Crippen molar-refractivity contribution in [2.45, 2.75) is 39.7 Å². The summed E-state index contributed by atoms with van der Waals surface area (Å²) in [5.41, 5.74) is 1.96. The molecule has 162 valence electrons. The Hall–Kier alpha value is -2.23. The first-order chi connectivity index (χ1) is 14.4. The third kappa shape index (κ3) is 5.47. The Labute approximate surface area is 180 Å². The first-order valence-corrected chi connectivity index (χ1v) is 11.1. The van der Waals surface area contributed by atoms with Gasteiger partial charge in [0, 0.05) is 37.7 Å². The van der Waals surface area contributed by atoms with Crippen LogP contribution in [0.3, 0.4) is 0 Å². The summed E-state index contributed by atoms with van der Waals surface area (Å²) in [4.78, 5) is 31.8. The van der Waals surface area contributed by atoms with Gasteiger partial charge in [0.15, 0.2) is 5.78 Å². The molecule has 2 heterocycles. The van der Waals surface area contributed by atoms with Gasteiger partial charge in [-0.1, -0.05) is 43.7 Å². The largest absolute Gasteiger partial charge is 0.339 e. The number of carbonyl (C=O) groups excluding carboxylic acids is 2. The van der Waals surface area contributed by atoms with Gasteiger partial charge >= 0.3 is 0 Å². The molecule has 3 rings (SSSR count). The minimum absolute atomic E-state index is 0.0570. The molecule has 0 spiro atoms. The van der Waals surface area contributed by atoms with E-state index in [2.05, 4.69) is 29.7 Å². The van der Waals surface area contributed by atoms with Crippen molar-refractivity contribution in [3.05, 3.63) is 35.4 Å². The molecule has 1 amide bonds. The second-order valence-electron chi connectivity index (χ2n) is 9.02. The molecule has 2 saturated heterocycles. The van der Waals surface area contributed by atoms with E-state index < -0.39 is 0 Å². The predicted octanol–water partition coefficient (Wildman–Crippen LogP) is 2.58. The number of aryl methyl sites for hydroxylation is 1. The normalized spacial score (nSPS) is 20.2. The van der Waals surface area contributed by atoms with Crippen molar-refractivity contribution in [2.24, 2.45) is 11.8 Å². The van der Waals surface area contributed by atoms with Crippen molar-refractivity contribution in [3.63, 3.8) is 0 Å². The highest BCUT2D eigenvalue weighted by Crippen LogP contribution is 2.22. The zero-order valence-electron chi connectivity index (χ0n) is 18.5. The van der Waals surface area contributed by atoms with Crippen LogP contribution >= 0.6 is 0 Å². The number of piperidine rings is 1. The van der Waals surface area contributed by atoms with E-state index in [4.69, 9.17) is 0 Å². The summed E-state index contributed by atoms with van der Waals surface area (Å²) in [5, 5.41) is 9.38. The Kier molecular flexibility index (Phi) is 7.63. The van der Waals surface area contributed by atoms with Crippen LogP contribution in [0.4, 0.5) is 0 Å². The topological polar surface area (TPSA) is 67.7 Å². The van der Waals surface area contributed by atoms with Crippen LogP contribution in [0.1, 0.15) is 42.6 Å². The molecule has 2 fully saturated rings. The zero-order chi connectivity index (χ0) is 21.7. The van der Waals surface area contributed by atoms with Crippen LogP contribution in [0.15, 0.2) is 24.3 Å². The number of piperazine rings is 1. The molecule has 0 bridgehead atoms. The highest BCUT2D eigenvalue weighted by atomic mass is 16.2. The highest BCUT2D eigenvalue weighted by molar-refractivity contribution is 5.97. The lowest BCUT2D eigenvalue weighted by Crippen LogP contribution is -2.54. The smallest absolute Gasteiger partial charge is 0.236 e. The Morgan fingerprint density at radius 3 is 2.17 bits per heavy atom. The van der Waals surface area contributed by atoms with E-state index in [1.807, 2.05) is 36.1 Å². The molecule has 6 nitrogen and oxygen atoms in total. The number of nitrogens with zero attached hydrogens (tertiary/aromatic N) is 4. The maximum absolute atomic E-state index is 12.7. The van der Waals surface area contributed by atoms with Gasteiger partial charge in [0.2, 0.25) is 5.91 Å². The lowest BCUT2D eigenvalue weighted by atomic mass is 9.88. The predicted molar refractivity (Wildman–Crippen MR) is 117 cm³/mol. The van der Waals surface area contributed by atoms with Crippen molar-refractivity contribution in [1.29, 1.82) is 5.26 Å². The number of likely N-dealkylation sites (tertiary alicyclic amines) is 1. The fraction of sp³-hybridized carbons (Fsp3) is 0.625. The van der Waals surface area contributed by atoms with Crippen LogP contribution in [0, 0.1) is 30.1 Å². The van der Waals surface area contributed by atoms with Crippen LogP contribution in [-0.2, 0) is 4.79 Å². The molecule has 1 atom stereocenters. The molecule has 6 heteroatoms. The number of Topliss-reactive ketones (excluding diaryl/α,β-unsaturated/α-hetero) is 1. The first-order valence-electron chi connectivity index (χ1n) is 11.1. The van der Waals surface area contributed by atoms with Crippen LogP contribution in [0.5, 0.6) is 0 Å². The number of hydrogen-bond donors (Lipinski definition) is 0. The zero-order valence-corrected chi connectivity index (χ0v) is 18.5. The summed E-state index contributed by atoms with van der Waals surface area (Å²) in [5.74, 6) is 0.744. The molecular formula is C24H34N4O2. The molecule has 30 heavy (non-hydrogen) atoms. The summed E-state index contributed by atoms with van der Waals surface area (Å²) in [6, 6.07) is 10.1. The Bertz CT molecular complexity index is 767. The monoisotopic (exact) mass is 410 g/mol. The van der Waals surface area contributed by atoms with Crippen molar-refractivity contribution < 1.29 is 9.59 Å². The van der Waals surface area contributed by atoms with E-state index >= 15 is 0 Å². The number of ketones is 1. The summed E-state index contributed by atoms with van der Waals surface area (Å²) in [6.07, 6.45) is 1.62. The van der Waals surface area contributed by atoms with E-state index in [9.17, 15) is 14.9 Å². The van der Waals surface area contributed by atoms with Gasteiger partial charge < -0.3 is 4.90 Å². The fourth-order valence-electron chi connectivity index (χ4n) is 4.50. The summed E-state index contributed by atoms with van der Waals surface area (Å²) >= 11 is 0. The number of nitriles is 1. The second-order valence-corrected chi connectivity index (χ2v) is 9.02. The van der Waals surface area contributed by atoms with E-state index in [1.54, 1.807) is 0 Å². The van der Waals surface area contributed by atoms with Crippen molar-refractivity contribution >= 4 is 11.7 Å². The van der Waals surface area contributed by atoms with E-state index in [1.165, 1.54) is 0 Å². The standard InChI is InChI=1S/C24H34N4O2/c1-18(2)22(16-25)27-12-14-28(15-13-27)23(29)17-26-10-8-21(9-11-26)24(30)20-6-4-19(3)5-7-20/h4-7,18,21-22H,8-15,17H2,1-3H3/t22-/m1/s1. The van der Waals surface area contributed by atoms with E-state index in [0.717, 1.165) is 50.1 Å². The third-order valence-corrected chi connectivity index (χ3v) is 6.48. The number of benzene rings is 1. The van der Waals surface area contributed by atoms with Gasteiger partial charge in [0.05, 0.1) is 12.6 Å². The van der Waals surface area contributed by atoms with Gasteiger partial charge in [-0.15, -0.1) is 0 Å². The van der Waals surface area contributed by atoms with Crippen LogP contribution < -0.4 is 0 Å². The molecule has 1 aromatic carbocycles. The maximum atomic E-state index is 12.7. The average Bonchev–Trinajstić information content (AvgIpc) is 2.75. The summed E-state index contributed by atoms with van der Waals surface area (Å²) in [7, 11) is 0. The molecule has 0 radical (unpaired) electrons. The van der Waals surface area contributed by atoms with Crippen molar-refractivity contribution in [1.82, 2.24) is 14.7 Å².